The molecule has 0 fully saturated rings. The first-order chi connectivity index (χ1) is 12.5. The maximum Gasteiger partial charge on any atom is 0.326 e. The number of para-hydroxylation sites is 1. The van der Waals surface area contributed by atoms with Gasteiger partial charge < -0.3 is 9.30 Å². The van der Waals surface area contributed by atoms with Crippen LogP contribution in [0.1, 0.15) is 28.4 Å². The van der Waals surface area contributed by atoms with E-state index in [1.54, 1.807) is 23.6 Å². The fourth-order valence-electron chi connectivity index (χ4n) is 2.80. The Balaban J connectivity index is 2.13. The van der Waals surface area contributed by atoms with Gasteiger partial charge >= 0.3 is 5.97 Å². The first-order valence-corrected chi connectivity index (χ1v) is 9.21. The second-order valence-corrected chi connectivity index (χ2v) is 6.99. The summed E-state index contributed by atoms with van der Waals surface area (Å²) < 4.78 is 7.82. The molecule has 0 aliphatic heterocycles. The Morgan fingerprint density at radius 2 is 1.92 bits per heavy atom. The lowest BCUT2D eigenvalue weighted by Gasteiger charge is -2.06. The second kappa shape index (κ2) is 7.66. The first-order valence-electron chi connectivity index (χ1n) is 8.40. The van der Waals surface area contributed by atoms with Crippen LogP contribution >= 0.6 is 11.3 Å². The fraction of sp³-hybridized carbons (Fsp3) is 0.250. The highest BCUT2D eigenvalue weighted by atomic mass is 32.1. The largest absolute Gasteiger partial charge is 0.465 e. The summed E-state index contributed by atoms with van der Waals surface area (Å²) in [6, 6.07) is 13.2. The molecule has 0 bridgehead atoms. The van der Waals surface area contributed by atoms with E-state index >= 15 is 0 Å². The maximum absolute atomic E-state index is 12.6. The average Bonchev–Trinajstić information content (AvgIpc) is 2.93. The van der Waals surface area contributed by atoms with E-state index in [2.05, 4.69) is 4.99 Å². The van der Waals surface area contributed by atoms with Crippen molar-refractivity contribution >= 4 is 33.4 Å². The Hall–Kier alpha value is -2.73. The number of ether oxygens (including phenoxy) is 1. The summed E-state index contributed by atoms with van der Waals surface area (Å²) in [4.78, 5) is 29.4. The van der Waals surface area contributed by atoms with E-state index in [0.717, 1.165) is 21.3 Å². The monoisotopic (exact) mass is 368 g/mol. The standard InChI is InChI=1S/C20H20N2O3S/c1-4-25-17(23)12-22-18-14(3)8-6-10-16(18)26-20(22)21-19(24)15-9-5-7-13(2)11-15/h5-11H,4,12H2,1-3H3. The number of nitrogens with zero attached hydrogens (tertiary/aromatic N) is 2. The van der Waals surface area contributed by atoms with E-state index in [-0.39, 0.29) is 18.4 Å². The Morgan fingerprint density at radius 1 is 1.15 bits per heavy atom. The van der Waals surface area contributed by atoms with Crippen molar-refractivity contribution in [2.75, 3.05) is 6.61 Å². The molecule has 26 heavy (non-hydrogen) atoms. The molecule has 3 rings (SSSR count). The second-order valence-electron chi connectivity index (χ2n) is 5.98. The van der Waals surface area contributed by atoms with Crippen molar-refractivity contribution in [3.63, 3.8) is 0 Å². The van der Waals surface area contributed by atoms with Crippen LogP contribution in [0.15, 0.2) is 47.5 Å². The SMILES string of the molecule is CCOC(=O)Cn1c(=NC(=O)c2cccc(C)c2)sc2cccc(C)c21. The third-order valence-electron chi connectivity index (χ3n) is 3.96. The normalized spacial score (nSPS) is 11.7. The van der Waals surface area contributed by atoms with Crippen molar-refractivity contribution in [3.8, 4) is 0 Å². The molecule has 0 spiro atoms. The summed E-state index contributed by atoms with van der Waals surface area (Å²) in [6.45, 7) is 6.02. The zero-order chi connectivity index (χ0) is 18.7. The van der Waals surface area contributed by atoms with Crippen LogP contribution in [0.3, 0.4) is 0 Å². The number of hydrogen-bond acceptors (Lipinski definition) is 4. The molecule has 0 saturated heterocycles. The molecule has 0 atom stereocenters. The van der Waals surface area contributed by atoms with E-state index in [1.807, 2.05) is 44.2 Å². The Bertz CT molecular complexity index is 1050. The van der Waals surface area contributed by atoms with Gasteiger partial charge in [0.05, 0.1) is 16.8 Å². The lowest BCUT2D eigenvalue weighted by Crippen LogP contribution is -2.23. The van der Waals surface area contributed by atoms with Crippen LogP contribution < -0.4 is 4.80 Å². The van der Waals surface area contributed by atoms with E-state index in [9.17, 15) is 9.59 Å². The van der Waals surface area contributed by atoms with Crippen LogP contribution in [0, 0.1) is 13.8 Å². The van der Waals surface area contributed by atoms with Gasteiger partial charge in [0, 0.05) is 5.56 Å². The molecule has 0 saturated carbocycles. The number of thiazole rings is 1. The van der Waals surface area contributed by atoms with Gasteiger partial charge in [-0.15, -0.1) is 0 Å². The Kier molecular flexibility index (Phi) is 5.32. The van der Waals surface area contributed by atoms with Crippen LogP contribution in [-0.4, -0.2) is 23.1 Å². The number of carbonyl (C=O) groups excluding carboxylic acids is 2. The first kappa shape index (κ1) is 18.1. The minimum absolute atomic E-state index is 0.0264. The van der Waals surface area contributed by atoms with Crippen molar-refractivity contribution < 1.29 is 14.3 Å². The minimum Gasteiger partial charge on any atom is -0.465 e. The van der Waals surface area contributed by atoms with Gasteiger partial charge in [0.2, 0.25) is 0 Å². The molecule has 0 aliphatic carbocycles. The van der Waals surface area contributed by atoms with Gasteiger partial charge in [0.25, 0.3) is 5.91 Å². The van der Waals surface area contributed by atoms with Crippen LogP contribution in [-0.2, 0) is 16.1 Å². The molecular formula is C20H20N2O3S. The highest BCUT2D eigenvalue weighted by Crippen LogP contribution is 2.21. The average molecular weight is 368 g/mol. The van der Waals surface area contributed by atoms with Gasteiger partial charge in [0.1, 0.15) is 6.54 Å². The van der Waals surface area contributed by atoms with Crippen LogP contribution in [0.2, 0.25) is 0 Å². The molecule has 2 aromatic carbocycles. The number of amides is 1. The number of rotatable bonds is 4. The van der Waals surface area contributed by atoms with Gasteiger partial charge in [0.15, 0.2) is 4.80 Å². The molecule has 6 heteroatoms. The maximum atomic E-state index is 12.6. The molecule has 0 radical (unpaired) electrons. The third kappa shape index (κ3) is 3.75. The molecule has 0 N–H and O–H groups in total. The Morgan fingerprint density at radius 3 is 2.65 bits per heavy atom. The van der Waals surface area contributed by atoms with Crippen LogP contribution in [0.5, 0.6) is 0 Å². The van der Waals surface area contributed by atoms with Crippen LogP contribution in [0.4, 0.5) is 0 Å². The molecule has 1 aromatic heterocycles. The number of fused-ring (bicyclic) bond motifs is 1. The molecular weight excluding hydrogens is 348 g/mol. The van der Waals surface area contributed by atoms with Crippen LogP contribution in [0.25, 0.3) is 10.2 Å². The number of hydrogen-bond donors (Lipinski definition) is 0. The van der Waals surface area contributed by atoms with E-state index in [1.165, 1.54) is 11.3 Å². The van der Waals surface area contributed by atoms with Gasteiger partial charge in [-0.1, -0.05) is 41.2 Å². The Labute approximate surface area is 155 Å². The molecule has 1 heterocycles. The number of benzene rings is 2. The van der Waals surface area contributed by atoms with Crippen molar-refractivity contribution in [1.29, 1.82) is 0 Å². The lowest BCUT2D eigenvalue weighted by molar-refractivity contribution is -0.143. The topological polar surface area (TPSA) is 60.7 Å². The predicted molar refractivity (Wildman–Crippen MR) is 102 cm³/mol. The zero-order valence-electron chi connectivity index (χ0n) is 15.0. The summed E-state index contributed by atoms with van der Waals surface area (Å²) in [6.07, 6.45) is 0. The van der Waals surface area contributed by atoms with Crippen molar-refractivity contribution in [2.24, 2.45) is 4.99 Å². The van der Waals surface area contributed by atoms with Crippen molar-refractivity contribution in [2.45, 2.75) is 27.3 Å². The highest BCUT2D eigenvalue weighted by Gasteiger charge is 2.14. The number of aryl methyl sites for hydroxylation is 2. The third-order valence-corrected chi connectivity index (χ3v) is 5.00. The van der Waals surface area contributed by atoms with E-state index in [4.69, 9.17) is 4.74 Å². The molecule has 1 amide bonds. The van der Waals surface area contributed by atoms with Gasteiger partial charge in [-0.25, -0.2) is 0 Å². The fourth-order valence-corrected chi connectivity index (χ4v) is 3.91. The number of carbonyl (C=O) groups is 2. The predicted octanol–water partition coefficient (Wildman–Crippen LogP) is 3.62. The van der Waals surface area contributed by atoms with E-state index < -0.39 is 0 Å². The molecule has 0 unspecified atom stereocenters. The van der Waals surface area contributed by atoms with Crippen molar-refractivity contribution in [1.82, 2.24) is 4.57 Å². The summed E-state index contributed by atoms with van der Waals surface area (Å²) in [7, 11) is 0. The molecule has 3 aromatic rings. The molecule has 0 aliphatic rings. The van der Waals surface area contributed by atoms with Gasteiger partial charge in [-0.3, -0.25) is 9.59 Å². The van der Waals surface area contributed by atoms with E-state index in [0.29, 0.717) is 17.0 Å². The molecule has 134 valence electrons. The summed E-state index contributed by atoms with van der Waals surface area (Å²) in [5.41, 5.74) is 3.45. The molecule has 5 nitrogen and oxygen atoms in total. The number of esters is 1. The summed E-state index contributed by atoms with van der Waals surface area (Å²) in [5.74, 6) is -0.671. The highest BCUT2D eigenvalue weighted by molar-refractivity contribution is 7.16. The van der Waals surface area contributed by atoms with Gasteiger partial charge in [-0.05, 0) is 44.5 Å². The quantitative estimate of drug-likeness (QED) is 0.661. The summed E-state index contributed by atoms with van der Waals surface area (Å²) >= 11 is 1.39. The van der Waals surface area contributed by atoms with Crippen molar-refractivity contribution in [3.05, 3.63) is 64.0 Å². The smallest absolute Gasteiger partial charge is 0.326 e. The van der Waals surface area contributed by atoms with Gasteiger partial charge in [-0.2, -0.15) is 4.99 Å². The lowest BCUT2D eigenvalue weighted by atomic mass is 10.1. The minimum atomic E-state index is -0.347. The number of aromatic nitrogens is 1. The summed E-state index contributed by atoms with van der Waals surface area (Å²) in [5, 5.41) is 0. The zero-order valence-corrected chi connectivity index (χ0v) is 15.8.